The van der Waals surface area contributed by atoms with E-state index in [2.05, 4.69) is 39.7 Å². The van der Waals surface area contributed by atoms with E-state index in [-0.39, 0.29) is 11.7 Å². The van der Waals surface area contributed by atoms with Crippen LogP contribution in [0.1, 0.15) is 44.6 Å². The van der Waals surface area contributed by atoms with Gasteiger partial charge < -0.3 is 9.72 Å². The van der Waals surface area contributed by atoms with Crippen molar-refractivity contribution in [3.8, 4) is 0 Å². The van der Waals surface area contributed by atoms with Crippen LogP contribution in [0.25, 0.3) is 0 Å². The average molecular weight is 329 g/mol. The van der Waals surface area contributed by atoms with E-state index >= 15 is 0 Å². The second-order valence-corrected chi connectivity index (χ2v) is 6.36. The number of H-pyrrole nitrogens is 1. The fraction of sp³-hybridized carbons (Fsp3) is 0.714. The molecule has 1 aliphatic heterocycles. The highest BCUT2D eigenvalue weighted by molar-refractivity contribution is 9.10. The summed E-state index contributed by atoms with van der Waals surface area (Å²) in [5.74, 6) is 1.22. The van der Waals surface area contributed by atoms with Crippen LogP contribution in [-0.4, -0.2) is 22.7 Å². The first-order valence-corrected chi connectivity index (χ1v) is 7.74. The zero-order chi connectivity index (χ0) is 13.8. The van der Waals surface area contributed by atoms with E-state index in [0.29, 0.717) is 16.8 Å². The zero-order valence-corrected chi connectivity index (χ0v) is 13.1. The van der Waals surface area contributed by atoms with Crippen molar-refractivity contribution in [3.63, 3.8) is 0 Å². The monoisotopic (exact) mass is 328 g/mol. The summed E-state index contributed by atoms with van der Waals surface area (Å²) >= 11 is 3.33. The number of nitrogens with one attached hydrogen (secondary N) is 1. The van der Waals surface area contributed by atoms with Crippen molar-refractivity contribution in [2.24, 2.45) is 5.92 Å². The van der Waals surface area contributed by atoms with Crippen LogP contribution < -0.4 is 5.56 Å². The molecule has 5 heteroatoms. The predicted molar refractivity (Wildman–Crippen MR) is 78.4 cm³/mol. The molecule has 1 fully saturated rings. The van der Waals surface area contributed by atoms with Crippen molar-refractivity contribution in [1.82, 2.24) is 9.97 Å². The van der Waals surface area contributed by atoms with Gasteiger partial charge in [0.05, 0.1) is 11.8 Å². The highest BCUT2D eigenvalue weighted by atomic mass is 79.9. The summed E-state index contributed by atoms with van der Waals surface area (Å²) in [7, 11) is 0. The van der Waals surface area contributed by atoms with Gasteiger partial charge in [0.15, 0.2) is 0 Å². The van der Waals surface area contributed by atoms with Crippen molar-refractivity contribution >= 4 is 15.9 Å². The van der Waals surface area contributed by atoms with Crippen molar-refractivity contribution in [2.75, 3.05) is 6.61 Å². The molecule has 1 saturated heterocycles. The minimum atomic E-state index is -0.0866. The lowest BCUT2D eigenvalue weighted by molar-refractivity contribution is 0.0156. The first-order valence-electron chi connectivity index (χ1n) is 6.95. The number of hydrogen-bond acceptors (Lipinski definition) is 3. The van der Waals surface area contributed by atoms with Crippen molar-refractivity contribution in [2.45, 2.75) is 52.1 Å². The fourth-order valence-electron chi connectivity index (χ4n) is 2.36. The Morgan fingerprint density at radius 1 is 1.47 bits per heavy atom. The largest absolute Gasteiger partial charge is 0.378 e. The van der Waals surface area contributed by atoms with Gasteiger partial charge in [0, 0.05) is 13.0 Å². The topological polar surface area (TPSA) is 55.0 Å². The number of aromatic amines is 1. The third kappa shape index (κ3) is 4.14. The molecule has 2 heterocycles. The Morgan fingerprint density at radius 2 is 2.26 bits per heavy atom. The molecular weight excluding hydrogens is 308 g/mol. The summed E-state index contributed by atoms with van der Waals surface area (Å²) in [4.78, 5) is 19.3. The number of aromatic nitrogens is 2. The predicted octanol–water partition coefficient (Wildman–Crippen LogP) is 2.84. The van der Waals surface area contributed by atoms with E-state index in [1.165, 1.54) is 6.42 Å². The van der Waals surface area contributed by atoms with Crippen LogP contribution in [0.3, 0.4) is 0 Å². The molecule has 0 bridgehead atoms. The van der Waals surface area contributed by atoms with Crippen LogP contribution in [0.2, 0.25) is 0 Å². The van der Waals surface area contributed by atoms with Gasteiger partial charge in [-0.3, -0.25) is 4.79 Å². The molecule has 1 N–H and O–H groups in total. The van der Waals surface area contributed by atoms with E-state index < -0.39 is 0 Å². The summed E-state index contributed by atoms with van der Waals surface area (Å²) in [5.41, 5.74) is 0.765. The van der Waals surface area contributed by atoms with Gasteiger partial charge in [-0.05, 0) is 47.5 Å². The van der Waals surface area contributed by atoms with Crippen molar-refractivity contribution in [3.05, 3.63) is 26.3 Å². The van der Waals surface area contributed by atoms with Crippen molar-refractivity contribution in [1.29, 1.82) is 0 Å². The first kappa shape index (κ1) is 14.7. The average Bonchev–Trinajstić information content (AvgIpc) is 2.36. The first-order chi connectivity index (χ1) is 9.06. The van der Waals surface area contributed by atoms with Crippen LogP contribution in [0.5, 0.6) is 0 Å². The summed E-state index contributed by atoms with van der Waals surface area (Å²) in [5, 5.41) is 0. The molecule has 1 unspecified atom stereocenters. The molecule has 2 rings (SSSR count). The maximum Gasteiger partial charge on any atom is 0.265 e. The summed E-state index contributed by atoms with van der Waals surface area (Å²) in [6.07, 6.45) is 5.10. The van der Waals surface area contributed by atoms with E-state index in [1.807, 2.05) is 0 Å². The van der Waals surface area contributed by atoms with E-state index in [4.69, 9.17) is 4.74 Å². The minimum absolute atomic E-state index is 0.0866. The SMILES string of the molecule is CC(C)Cc1nc(CC2CCCCO2)[nH]c(=O)c1Br. The maximum absolute atomic E-state index is 11.9. The van der Waals surface area contributed by atoms with E-state index in [0.717, 1.165) is 37.4 Å². The summed E-state index contributed by atoms with van der Waals surface area (Å²) in [6, 6.07) is 0. The zero-order valence-electron chi connectivity index (χ0n) is 11.5. The van der Waals surface area contributed by atoms with Crippen molar-refractivity contribution < 1.29 is 4.74 Å². The third-order valence-electron chi connectivity index (χ3n) is 3.28. The lowest BCUT2D eigenvalue weighted by Crippen LogP contribution is -2.25. The van der Waals surface area contributed by atoms with Crippen LogP contribution >= 0.6 is 15.9 Å². The molecule has 19 heavy (non-hydrogen) atoms. The van der Waals surface area contributed by atoms with E-state index in [9.17, 15) is 4.79 Å². The Kier molecular flexibility index (Phi) is 5.16. The van der Waals surface area contributed by atoms with Gasteiger partial charge in [-0.2, -0.15) is 0 Å². The molecule has 1 aromatic heterocycles. The standard InChI is InChI=1S/C14H21BrN2O2/c1-9(2)7-11-13(15)14(18)17-12(16-11)8-10-5-3-4-6-19-10/h9-10H,3-8H2,1-2H3,(H,16,17,18). The summed E-state index contributed by atoms with van der Waals surface area (Å²) in [6.45, 7) is 5.07. The Hall–Kier alpha value is -0.680. The van der Waals surface area contributed by atoms with E-state index in [1.54, 1.807) is 0 Å². The Morgan fingerprint density at radius 3 is 2.89 bits per heavy atom. The number of ether oxygens (including phenoxy) is 1. The normalized spacial score (nSPS) is 19.9. The maximum atomic E-state index is 11.9. The number of rotatable bonds is 4. The molecule has 0 radical (unpaired) electrons. The molecule has 1 aromatic rings. The highest BCUT2D eigenvalue weighted by Gasteiger charge is 2.17. The molecule has 0 saturated carbocycles. The molecule has 0 aliphatic carbocycles. The van der Waals surface area contributed by atoms with Gasteiger partial charge in [0.1, 0.15) is 10.3 Å². The van der Waals surface area contributed by atoms with Gasteiger partial charge in [-0.25, -0.2) is 4.98 Å². The molecular formula is C14H21BrN2O2. The van der Waals surface area contributed by atoms with Crippen LogP contribution in [0.15, 0.2) is 9.27 Å². The second-order valence-electron chi connectivity index (χ2n) is 5.56. The fourth-order valence-corrected chi connectivity index (χ4v) is 2.71. The Labute approximate surface area is 122 Å². The summed E-state index contributed by atoms with van der Waals surface area (Å²) < 4.78 is 6.26. The highest BCUT2D eigenvalue weighted by Crippen LogP contribution is 2.18. The van der Waals surface area contributed by atoms with Gasteiger partial charge in [0.2, 0.25) is 0 Å². The van der Waals surface area contributed by atoms with Crippen LogP contribution in [0.4, 0.5) is 0 Å². The molecule has 0 aromatic carbocycles. The van der Waals surface area contributed by atoms with Gasteiger partial charge in [-0.15, -0.1) is 0 Å². The van der Waals surface area contributed by atoms with Crippen LogP contribution in [0, 0.1) is 5.92 Å². The third-order valence-corrected chi connectivity index (χ3v) is 4.09. The number of hydrogen-bond donors (Lipinski definition) is 1. The van der Waals surface area contributed by atoms with Gasteiger partial charge in [-0.1, -0.05) is 13.8 Å². The lowest BCUT2D eigenvalue weighted by Gasteiger charge is -2.22. The van der Waals surface area contributed by atoms with Gasteiger partial charge in [0.25, 0.3) is 5.56 Å². The Bertz CT molecular complexity index is 479. The molecule has 0 spiro atoms. The molecule has 4 nitrogen and oxygen atoms in total. The molecule has 1 aliphatic rings. The quantitative estimate of drug-likeness (QED) is 0.924. The number of halogens is 1. The van der Waals surface area contributed by atoms with Crippen LogP contribution in [-0.2, 0) is 17.6 Å². The minimum Gasteiger partial charge on any atom is -0.378 e. The molecule has 106 valence electrons. The second kappa shape index (κ2) is 6.66. The molecule has 0 amide bonds. The van der Waals surface area contributed by atoms with Gasteiger partial charge >= 0.3 is 0 Å². The number of nitrogens with zero attached hydrogens (tertiary/aromatic N) is 1. The Balaban J connectivity index is 2.16. The molecule has 1 atom stereocenters. The smallest absolute Gasteiger partial charge is 0.265 e. The lowest BCUT2D eigenvalue weighted by atomic mass is 10.1.